The quantitative estimate of drug-likeness (QED) is 0.767. The highest BCUT2D eigenvalue weighted by Crippen LogP contribution is 2.13. The van der Waals surface area contributed by atoms with E-state index in [1.165, 1.54) is 0 Å². The standard InChI is InChI=1S/C13H18O4/c1-10(7-8-14)13(15)17-9-11-3-5-12(16-2)6-4-11/h3-6,10,14H,7-9H2,1-2H3. The summed E-state index contributed by atoms with van der Waals surface area (Å²) in [6, 6.07) is 7.34. The first kappa shape index (κ1) is 13.5. The van der Waals surface area contributed by atoms with Crippen LogP contribution in [0.1, 0.15) is 18.9 Å². The monoisotopic (exact) mass is 238 g/mol. The highest BCUT2D eigenvalue weighted by molar-refractivity contribution is 5.71. The SMILES string of the molecule is COc1ccc(COC(=O)C(C)CCO)cc1. The number of methoxy groups -OCH3 is 1. The van der Waals surface area contributed by atoms with E-state index >= 15 is 0 Å². The van der Waals surface area contributed by atoms with Gasteiger partial charge in [-0.25, -0.2) is 0 Å². The third-order valence-electron chi connectivity index (χ3n) is 2.50. The van der Waals surface area contributed by atoms with E-state index in [9.17, 15) is 4.79 Å². The molecule has 1 aromatic rings. The van der Waals surface area contributed by atoms with Gasteiger partial charge >= 0.3 is 5.97 Å². The third-order valence-corrected chi connectivity index (χ3v) is 2.50. The zero-order valence-corrected chi connectivity index (χ0v) is 10.2. The molecular weight excluding hydrogens is 220 g/mol. The molecule has 1 atom stereocenters. The first-order valence-electron chi connectivity index (χ1n) is 5.57. The van der Waals surface area contributed by atoms with Crippen molar-refractivity contribution in [2.75, 3.05) is 13.7 Å². The molecule has 0 saturated carbocycles. The van der Waals surface area contributed by atoms with Gasteiger partial charge in [-0.3, -0.25) is 4.79 Å². The zero-order valence-electron chi connectivity index (χ0n) is 10.2. The lowest BCUT2D eigenvalue weighted by Crippen LogP contribution is -2.15. The lowest BCUT2D eigenvalue weighted by atomic mass is 10.1. The minimum atomic E-state index is -0.283. The van der Waals surface area contributed by atoms with Crippen LogP contribution in [0.5, 0.6) is 5.75 Å². The summed E-state index contributed by atoms with van der Waals surface area (Å²) in [5, 5.41) is 8.71. The second-order valence-corrected chi connectivity index (χ2v) is 3.87. The van der Waals surface area contributed by atoms with Crippen molar-refractivity contribution in [3.05, 3.63) is 29.8 Å². The summed E-state index contributed by atoms with van der Waals surface area (Å²) in [5.74, 6) is 0.224. The van der Waals surface area contributed by atoms with Crippen molar-refractivity contribution in [3.8, 4) is 5.75 Å². The maximum Gasteiger partial charge on any atom is 0.309 e. The summed E-state index contributed by atoms with van der Waals surface area (Å²) < 4.78 is 10.2. The Morgan fingerprint density at radius 1 is 1.35 bits per heavy atom. The maximum atomic E-state index is 11.5. The molecular formula is C13H18O4. The fourth-order valence-electron chi connectivity index (χ4n) is 1.33. The number of benzene rings is 1. The number of carbonyl (C=O) groups is 1. The Kier molecular flexibility index (Phi) is 5.49. The molecule has 0 amide bonds. The van der Waals surface area contributed by atoms with Crippen molar-refractivity contribution in [2.45, 2.75) is 20.0 Å². The second-order valence-electron chi connectivity index (χ2n) is 3.87. The van der Waals surface area contributed by atoms with Crippen LogP contribution in [0, 0.1) is 5.92 Å². The van der Waals surface area contributed by atoms with Gasteiger partial charge in [0.1, 0.15) is 12.4 Å². The van der Waals surface area contributed by atoms with Crippen molar-refractivity contribution < 1.29 is 19.4 Å². The van der Waals surface area contributed by atoms with E-state index in [-0.39, 0.29) is 25.1 Å². The average molecular weight is 238 g/mol. The van der Waals surface area contributed by atoms with Gasteiger partial charge in [0.15, 0.2) is 0 Å². The number of ether oxygens (including phenoxy) is 2. The van der Waals surface area contributed by atoms with Crippen LogP contribution in [0.4, 0.5) is 0 Å². The third kappa shape index (κ3) is 4.44. The summed E-state index contributed by atoms with van der Waals surface area (Å²) in [5.41, 5.74) is 0.912. The Labute approximate surface area is 101 Å². The van der Waals surface area contributed by atoms with Crippen LogP contribution in [0.3, 0.4) is 0 Å². The molecule has 0 radical (unpaired) electrons. The molecule has 0 aliphatic heterocycles. The molecule has 0 bridgehead atoms. The molecule has 0 fully saturated rings. The number of rotatable bonds is 6. The number of esters is 1. The Morgan fingerprint density at radius 3 is 2.53 bits per heavy atom. The second kappa shape index (κ2) is 6.91. The van der Waals surface area contributed by atoms with Crippen molar-refractivity contribution in [1.82, 2.24) is 0 Å². The van der Waals surface area contributed by atoms with Crippen LogP contribution < -0.4 is 4.74 Å². The molecule has 1 aromatic carbocycles. The highest BCUT2D eigenvalue weighted by atomic mass is 16.5. The smallest absolute Gasteiger partial charge is 0.309 e. The minimum absolute atomic E-state index is 0.00119. The molecule has 4 heteroatoms. The van der Waals surface area contributed by atoms with E-state index in [0.29, 0.717) is 6.42 Å². The number of hydrogen-bond acceptors (Lipinski definition) is 4. The Morgan fingerprint density at radius 2 is 2.00 bits per heavy atom. The van der Waals surface area contributed by atoms with Crippen LogP contribution in [-0.2, 0) is 16.1 Å². The predicted molar refractivity (Wildman–Crippen MR) is 63.7 cm³/mol. The van der Waals surface area contributed by atoms with Crippen LogP contribution in [-0.4, -0.2) is 24.8 Å². The zero-order chi connectivity index (χ0) is 12.7. The molecule has 1 unspecified atom stereocenters. The Bertz CT molecular complexity index is 345. The van der Waals surface area contributed by atoms with Gasteiger partial charge in [0.05, 0.1) is 13.0 Å². The van der Waals surface area contributed by atoms with Gasteiger partial charge in [0.25, 0.3) is 0 Å². The molecule has 1 rings (SSSR count). The summed E-state index contributed by atoms with van der Waals surface area (Å²) >= 11 is 0. The molecule has 94 valence electrons. The lowest BCUT2D eigenvalue weighted by molar-refractivity contribution is -0.149. The average Bonchev–Trinajstić information content (AvgIpc) is 2.36. The molecule has 4 nitrogen and oxygen atoms in total. The van der Waals surface area contributed by atoms with Crippen LogP contribution >= 0.6 is 0 Å². The molecule has 0 saturated heterocycles. The minimum Gasteiger partial charge on any atom is -0.497 e. The summed E-state index contributed by atoms with van der Waals surface area (Å²) in [4.78, 5) is 11.5. The van der Waals surface area contributed by atoms with Gasteiger partial charge < -0.3 is 14.6 Å². The molecule has 0 aliphatic carbocycles. The fraction of sp³-hybridized carbons (Fsp3) is 0.462. The first-order valence-corrected chi connectivity index (χ1v) is 5.57. The summed E-state index contributed by atoms with van der Waals surface area (Å²) in [6.07, 6.45) is 0.432. The molecule has 17 heavy (non-hydrogen) atoms. The molecule has 0 aromatic heterocycles. The fourth-order valence-corrected chi connectivity index (χ4v) is 1.33. The largest absolute Gasteiger partial charge is 0.497 e. The van der Waals surface area contributed by atoms with Gasteiger partial charge in [0.2, 0.25) is 0 Å². The van der Waals surface area contributed by atoms with E-state index in [4.69, 9.17) is 14.6 Å². The number of aliphatic hydroxyl groups is 1. The predicted octanol–water partition coefficient (Wildman–Crippen LogP) is 1.76. The van der Waals surface area contributed by atoms with E-state index in [1.54, 1.807) is 14.0 Å². The van der Waals surface area contributed by atoms with Crippen molar-refractivity contribution in [3.63, 3.8) is 0 Å². The van der Waals surface area contributed by atoms with Gasteiger partial charge in [-0.1, -0.05) is 19.1 Å². The highest BCUT2D eigenvalue weighted by Gasteiger charge is 2.13. The van der Waals surface area contributed by atoms with Crippen LogP contribution in [0.25, 0.3) is 0 Å². The maximum absolute atomic E-state index is 11.5. The van der Waals surface area contributed by atoms with Crippen LogP contribution in [0.15, 0.2) is 24.3 Å². The molecule has 0 aliphatic rings. The van der Waals surface area contributed by atoms with E-state index in [1.807, 2.05) is 24.3 Å². The van der Waals surface area contributed by atoms with Gasteiger partial charge in [0, 0.05) is 6.61 Å². The summed E-state index contributed by atoms with van der Waals surface area (Å²) in [7, 11) is 1.60. The van der Waals surface area contributed by atoms with Crippen molar-refractivity contribution in [2.24, 2.45) is 5.92 Å². The first-order chi connectivity index (χ1) is 8.17. The van der Waals surface area contributed by atoms with Gasteiger partial charge in [-0.05, 0) is 24.1 Å². The topological polar surface area (TPSA) is 55.8 Å². The Hall–Kier alpha value is -1.55. The summed E-state index contributed by atoms with van der Waals surface area (Å²) in [6.45, 7) is 1.99. The van der Waals surface area contributed by atoms with Crippen molar-refractivity contribution in [1.29, 1.82) is 0 Å². The molecule has 0 spiro atoms. The number of hydrogen-bond donors (Lipinski definition) is 1. The van der Waals surface area contributed by atoms with E-state index < -0.39 is 0 Å². The van der Waals surface area contributed by atoms with E-state index in [2.05, 4.69) is 0 Å². The number of aliphatic hydroxyl groups excluding tert-OH is 1. The van der Waals surface area contributed by atoms with Crippen molar-refractivity contribution >= 4 is 5.97 Å². The van der Waals surface area contributed by atoms with Gasteiger partial charge in [-0.15, -0.1) is 0 Å². The van der Waals surface area contributed by atoms with E-state index in [0.717, 1.165) is 11.3 Å². The normalized spacial score (nSPS) is 11.9. The molecule has 0 heterocycles. The Balaban J connectivity index is 2.41. The lowest BCUT2D eigenvalue weighted by Gasteiger charge is -2.10. The number of carbonyl (C=O) groups excluding carboxylic acids is 1. The molecule has 1 N–H and O–H groups in total. The van der Waals surface area contributed by atoms with Gasteiger partial charge in [-0.2, -0.15) is 0 Å². The van der Waals surface area contributed by atoms with Crippen LogP contribution in [0.2, 0.25) is 0 Å².